The van der Waals surface area contributed by atoms with Crippen LogP contribution in [0.15, 0.2) is 34.7 Å². The number of aryl methyl sites for hydroxylation is 2. The molecule has 130 valence electrons. The Labute approximate surface area is 142 Å². The number of aliphatic hydroxyl groups is 1. The van der Waals surface area contributed by atoms with Gasteiger partial charge in [-0.05, 0) is 64.4 Å². The van der Waals surface area contributed by atoms with Crippen LogP contribution in [0.2, 0.25) is 0 Å². The molecule has 1 amide bonds. The summed E-state index contributed by atoms with van der Waals surface area (Å²) in [6.45, 7) is 7.96. The normalized spacial score (nSPS) is 12.2. The summed E-state index contributed by atoms with van der Waals surface area (Å²) < 4.78 is 11.0. The fourth-order valence-corrected chi connectivity index (χ4v) is 2.52. The van der Waals surface area contributed by atoms with Crippen LogP contribution in [0.1, 0.15) is 53.8 Å². The molecule has 1 unspecified atom stereocenters. The van der Waals surface area contributed by atoms with Gasteiger partial charge in [-0.2, -0.15) is 0 Å². The molecule has 1 aromatic heterocycles. The van der Waals surface area contributed by atoms with Crippen LogP contribution in [-0.4, -0.2) is 23.7 Å². The number of hydrogen-bond acceptors (Lipinski definition) is 4. The number of ether oxygens (including phenoxy) is 1. The summed E-state index contributed by atoms with van der Waals surface area (Å²) in [6.07, 6.45) is -0.120. The van der Waals surface area contributed by atoms with Crippen LogP contribution in [0.25, 0.3) is 0 Å². The molecule has 0 aliphatic heterocycles. The average Bonchev–Trinajstić information content (AvgIpc) is 2.86. The van der Waals surface area contributed by atoms with E-state index in [1.54, 1.807) is 24.3 Å². The zero-order valence-electron chi connectivity index (χ0n) is 14.6. The number of rotatable bonds is 7. The molecule has 0 fully saturated rings. The topological polar surface area (TPSA) is 71.7 Å². The van der Waals surface area contributed by atoms with Crippen molar-refractivity contribution in [2.75, 3.05) is 6.54 Å². The van der Waals surface area contributed by atoms with Gasteiger partial charge in [0.05, 0.1) is 12.2 Å². The van der Waals surface area contributed by atoms with E-state index in [-0.39, 0.29) is 12.0 Å². The molecule has 1 heterocycles. The standard InChI is InChI=1S/C19H25NO4/c1-12(2)23-16-7-5-15(6-8-16)19(22)20-10-9-18(21)17-11-13(3)24-14(17)4/h5-8,11-12,18,21H,9-10H2,1-4H3,(H,20,22). The lowest BCUT2D eigenvalue weighted by atomic mass is 10.1. The Hall–Kier alpha value is -2.27. The molecule has 2 rings (SSSR count). The third-order valence-corrected chi connectivity index (χ3v) is 3.63. The van der Waals surface area contributed by atoms with Gasteiger partial charge in [-0.1, -0.05) is 0 Å². The van der Waals surface area contributed by atoms with Gasteiger partial charge in [0.2, 0.25) is 0 Å². The maximum Gasteiger partial charge on any atom is 0.251 e. The third kappa shape index (κ3) is 4.86. The summed E-state index contributed by atoms with van der Waals surface area (Å²) in [4.78, 5) is 12.1. The van der Waals surface area contributed by atoms with Gasteiger partial charge in [0.25, 0.3) is 5.91 Å². The Balaban J connectivity index is 1.83. The van der Waals surface area contributed by atoms with E-state index in [2.05, 4.69) is 5.32 Å². The van der Waals surface area contributed by atoms with Crippen molar-refractivity contribution in [2.24, 2.45) is 0 Å². The number of carbonyl (C=O) groups excluding carboxylic acids is 1. The average molecular weight is 331 g/mol. The molecule has 0 spiro atoms. The minimum Gasteiger partial charge on any atom is -0.491 e. The molecule has 0 radical (unpaired) electrons. The van der Waals surface area contributed by atoms with Crippen LogP contribution in [0, 0.1) is 13.8 Å². The van der Waals surface area contributed by atoms with E-state index in [0.717, 1.165) is 17.1 Å². The van der Waals surface area contributed by atoms with Crippen molar-refractivity contribution in [2.45, 2.75) is 46.3 Å². The minimum absolute atomic E-state index is 0.0983. The van der Waals surface area contributed by atoms with Crippen molar-refractivity contribution < 1.29 is 19.1 Å². The Kier molecular flexibility index (Phi) is 6.04. The summed E-state index contributed by atoms with van der Waals surface area (Å²) >= 11 is 0. The van der Waals surface area contributed by atoms with Crippen LogP contribution in [0.5, 0.6) is 5.75 Å². The Morgan fingerprint density at radius 2 is 1.92 bits per heavy atom. The highest BCUT2D eigenvalue weighted by Crippen LogP contribution is 2.23. The van der Waals surface area contributed by atoms with E-state index < -0.39 is 6.10 Å². The molecule has 0 saturated carbocycles. The number of carbonyl (C=O) groups is 1. The molecule has 0 aliphatic carbocycles. The minimum atomic E-state index is -0.649. The predicted octanol–water partition coefficient (Wildman–Crippen LogP) is 3.54. The molecular formula is C19H25NO4. The fraction of sp³-hybridized carbons (Fsp3) is 0.421. The maximum absolute atomic E-state index is 12.1. The summed E-state index contributed by atoms with van der Waals surface area (Å²) in [5, 5.41) is 13.0. The number of amides is 1. The summed E-state index contributed by atoms with van der Waals surface area (Å²) in [7, 11) is 0. The summed E-state index contributed by atoms with van der Waals surface area (Å²) in [6, 6.07) is 8.85. The molecular weight excluding hydrogens is 306 g/mol. The van der Waals surface area contributed by atoms with Gasteiger partial charge in [0.1, 0.15) is 17.3 Å². The molecule has 0 aliphatic rings. The lowest BCUT2D eigenvalue weighted by molar-refractivity contribution is 0.0942. The summed E-state index contributed by atoms with van der Waals surface area (Å²) in [5.41, 5.74) is 1.34. The van der Waals surface area contributed by atoms with Gasteiger partial charge in [-0.25, -0.2) is 0 Å². The predicted molar refractivity (Wildman–Crippen MR) is 92.3 cm³/mol. The first-order chi connectivity index (χ1) is 11.4. The highest BCUT2D eigenvalue weighted by Gasteiger charge is 2.15. The SMILES string of the molecule is Cc1cc(C(O)CCNC(=O)c2ccc(OC(C)C)cc2)c(C)o1. The van der Waals surface area contributed by atoms with Crippen molar-refractivity contribution in [3.05, 3.63) is 53.0 Å². The van der Waals surface area contributed by atoms with E-state index in [9.17, 15) is 9.90 Å². The number of aliphatic hydroxyl groups excluding tert-OH is 1. The second-order valence-electron chi connectivity index (χ2n) is 6.12. The van der Waals surface area contributed by atoms with E-state index >= 15 is 0 Å². The first-order valence-electron chi connectivity index (χ1n) is 8.16. The highest BCUT2D eigenvalue weighted by molar-refractivity contribution is 5.94. The zero-order chi connectivity index (χ0) is 17.7. The quantitative estimate of drug-likeness (QED) is 0.814. The molecule has 24 heavy (non-hydrogen) atoms. The van der Waals surface area contributed by atoms with Crippen LogP contribution >= 0.6 is 0 Å². The van der Waals surface area contributed by atoms with Crippen molar-refractivity contribution in [1.29, 1.82) is 0 Å². The molecule has 1 aromatic carbocycles. The van der Waals surface area contributed by atoms with Gasteiger partial charge in [0, 0.05) is 17.7 Å². The Morgan fingerprint density at radius 1 is 1.25 bits per heavy atom. The van der Waals surface area contributed by atoms with Crippen molar-refractivity contribution in [1.82, 2.24) is 5.32 Å². The van der Waals surface area contributed by atoms with Gasteiger partial charge < -0.3 is 19.6 Å². The molecule has 1 atom stereocenters. The van der Waals surface area contributed by atoms with Gasteiger partial charge in [-0.15, -0.1) is 0 Å². The first kappa shape index (κ1) is 18.1. The van der Waals surface area contributed by atoms with Crippen LogP contribution < -0.4 is 10.1 Å². The van der Waals surface area contributed by atoms with E-state index in [4.69, 9.17) is 9.15 Å². The molecule has 5 nitrogen and oxygen atoms in total. The molecule has 5 heteroatoms. The lowest BCUT2D eigenvalue weighted by Gasteiger charge is -2.12. The number of benzene rings is 1. The highest BCUT2D eigenvalue weighted by atomic mass is 16.5. The number of furan rings is 1. The fourth-order valence-electron chi connectivity index (χ4n) is 2.52. The van der Waals surface area contributed by atoms with Gasteiger partial charge >= 0.3 is 0 Å². The lowest BCUT2D eigenvalue weighted by Crippen LogP contribution is -2.25. The second-order valence-corrected chi connectivity index (χ2v) is 6.12. The van der Waals surface area contributed by atoms with Crippen LogP contribution in [0.4, 0.5) is 0 Å². The first-order valence-corrected chi connectivity index (χ1v) is 8.16. The Bertz CT molecular complexity index is 673. The van der Waals surface area contributed by atoms with Crippen LogP contribution in [-0.2, 0) is 0 Å². The molecule has 0 saturated heterocycles. The smallest absolute Gasteiger partial charge is 0.251 e. The van der Waals surface area contributed by atoms with Crippen molar-refractivity contribution in [3.63, 3.8) is 0 Å². The largest absolute Gasteiger partial charge is 0.491 e. The molecule has 2 aromatic rings. The van der Waals surface area contributed by atoms with Gasteiger partial charge in [0.15, 0.2) is 0 Å². The van der Waals surface area contributed by atoms with Gasteiger partial charge in [-0.3, -0.25) is 4.79 Å². The maximum atomic E-state index is 12.1. The van der Waals surface area contributed by atoms with E-state index in [0.29, 0.717) is 24.3 Å². The molecule has 2 N–H and O–H groups in total. The van der Waals surface area contributed by atoms with Crippen molar-refractivity contribution >= 4 is 5.91 Å². The summed E-state index contributed by atoms with van der Waals surface area (Å²) in [5.74, 6) is 2.06. The van der Waals surface area contributed by atoms with E-state index in [1.807, 2.05) is 33.8 Å². The monoisotopic (exact) mass is 331 g/mol. The molecule has 0 bridgehead atoms. The Morgan fingerprint density at radius 3 is 2.46 bits per heavy atom. The van der Waals surface area contributed by atoms with E-state index in [1.165, 1.54) is 0 Å². The number of hydrogen-bond donors (Lipinski definition) is 2. The second kappa shape index (κ2) is 8.02. The zero-order valence-corrected chi connectivity index (χ0v) is 14.6. The third-order valence-electron chi connectivity index (χ3n) is 3.63. The van der Waals surface area contributed by atoms with Crippen LogP contribution in [0.3, 0.4) is 0 Å². The number of nitrogens with one attached hydrogen (secondary N) is 1. The van der Waals surface area contributed by atoms with Crippen molar-refractivity contribution in [3.8, 4) is 5.75 Å².